The smallest absolute Gasteiger partial charge is 0.261 e. The van der Waals surface area contributed by atoms with E-state index < -0.39 is 0 Å². The topological polar surface area (TPSA) is 85.5 Å². The van der Waals surface area contributed by atoms with Gasteiger partial charge in [-0.15, -0.1) is 0 Å². The van der Waals surface area contributed by atoms with Gasteiger partial charge in [-0.05, 0) is 34.5 Å². The van der Waals surface area contributed by atoms with E-state index in [4.69, 9.17) is 0 Å². The lowest BCUT2D eigenvalue weighted by atomic mass is 10.2. The minimum Gasteiger partial charge on any atom is -0.348 e. The van der Waals surface area contributed by atoms with Crippen LogP contribution < -0.4 is 10.9 Å². The Bertz CT molecular complexity index is 779. The number of rotatable bonds is 6. The van der Waals surface area contributed by atoms with Gasteiger partial charge in [-0.2, -0.15) is 11.3 Å². The highest BCUT2D eigenvalue weighted by Crippen LogP contribution is 2.07. The predicted octanol–water partition coefficient (Wildman–Crippen LogP) is 0.640. The van der Waals surface area contributed by atoms with E-state index in [1.807, 2.05) is 16.8 Å². The first-order valence-corrected chi connectivity index (χ1v) is 9.03. The van der Waals surface area contributed by atoms with Crippen LogP contribution in [0.5, 0.6) is 0 Å². The normalized spacial score (nSPS) is 15.1. The van der Waals surface area contributed by atoms with Gasteiger partial charge in [0.05, 0.1) is 0 Å². The number of thiophene rings is 1. The Balaban J connectivity index is 1.58. The van der Waals surface area contributed by atoms with E-state index in [0.29, 0.717) is 26.2 Å². The third kappa shape index (κ3) is 4.55. The molecule has 0 atom stereocenters. The van der Waals surface area contributed by atoms with Crippen LogP contribution in [0.4, 0.5) is 0 Å². The molecule has 0 bridgehead atoms. The number of pyridine rings is 1. The van der Waals surface area contributed by atoms with Crippen molar-refractivity contribution in [1.29, 1.82) is 0 Å². The fourth-order valence-electron chi connectivity index (χ4n) is 2.72. The van der Waals surface area contributed by atoms with Crippen molar-refractivity contribution < 1.29 is 9.59 Å². The summed E-state index contributed by atoms with van der Waals surface area (Å²) >= 11 is 1.56. The summed E-state index contributed by atoms with van der Waals surface area (Å²) < 4.78 is 0. The van der Waals surface area contributed by atoms with Crippen LogP contribution in [-0.2, 0) is 17.9 Å². The molecule has 7 nitrogen and oxygen atoms in total. The molecule has 8 heteroatoms. The average molecular weight is 360 g/mol. The lowest BCUT2D eigenvalue weighted by molar-refractivity contribution is -0.119. The van der Waals surface area contributed by atoms with Gasteiger partial charge < -0.3 is 15.2 Å². The van der Waals surface area contributed by atoms with Gasteiger partial charge in [0.15, 0.2) is 0 Å². The van der Waals surface area contributed by atoms with Gasteiger partial charge in [0.2, 0.25) is 6.41 Å². The second-order valence-electron chi connectivity index (χ2n) is 5.96. The van der Waals surface area contributed by atoms with Crippen molar-refractivity contribution in [3.8, 4) is 0 Å². The molecular formula is C17H20N4O3S. The highest BCUT2D eigenvalue weighted by molar-refractivity contribution is 7.07. The molecule has 1 saturated heterocycles. The zero-order chi connectivity index (χ0) is 17.6. The Morgan fingerprint density at radius 2 is 2.04 bits per heavy atom. The van der Waals surface area contributed by atoms with Crippen LogP contribution in [0.2, 0.25) is 0 Å². The molecular weight excluding hydrogens is 340 g/mol. The average Bonchev–Trinajstić information content (AvgIpc) is 3.14. The number of aromatic amines is 1. The zero-order valence-electron chi connectivity index (χ0n) is 13.7. The summed E-state index contributed by atoms with van der Waals surface area (Å²) in [5, 5.41) is 6.65. The second-order valence-corrected chi connectivity index (χ2v) is 6.74. The molecule has 0 spiro atoms. The van der Waals surface area contributed by atoms with Crippen LogP contribution in [-0.4, -0.2) is 53.3 Å². The number of piperazine rings is 1. The number of nitrogens with one attached hydrogen (secondary N) is 2. The number of hydrogen-bond acceptors (Lipinski definition) is 5. The summed E-state index contributed by atoms with van der Waals surface area (Å²) in [4.78, 5) is 41.8. The third-order valence-corrected chi connectivity index (χ3v) is 4.93. The van der Waals surface area contributed by atoms with E-state index in [9.17, 15) is 14.4 Å². The van der Waals surface area contributed by atoms with Gasteiger partial charge in [-0.1, -0.05) is 0 Å². The number of nitrogens with zero attached hydrogens (tertiary/aromatic N) is 2. The molecule has 1 aliphatic rings. The highest BCUT2D eigenvalue weighted by atomic mass is 32.1. The molecule has 0 aliphatic carbocycles. The summed E-state index contributed by atoms with van der Waals surface area (Å²) in [6.07, 6.45) is 0.864. The van der Waals surface area contributed by atoms with E-state index in [0.717, 1.165) is 30.8 Å². The van der Waals surface area contributed by atoms with Crippen LogP contribution in [0, 0.1) is 0 Å². The second kappa shape index (κ2) is 8.09. The first-order chi connectivity index (χ1) is 12.2. The quantitative estimate of drug-likeness (QED) is 0.741. The van der Waals surface area contributed by atoms with E-state index in [-0.39, 0.29) is 17.0 Å². The van der Waals surface area contributed by atoms with Crippen LogP contribution in [0.25, 0.3) is 0 Å². The molecule has 3 rings (SSSR count). The molecule has 25 heavy (non-hydrogen) atoms. The van der Waals surface area contributed by atoms with Crippen molar-refractivity contribution in [3.05, 3.63) is 56.1 Å². The molecule has 2 amide bonds. The Hall–Kier alpha value is -2.45. The summed E-state index contributed by atoms with van der Waals surface area (Å²) in [6, 6.07) is 5.27. The van der Waals surface area contributed by atoms with Gasteiger partial charge >= 0.3 is 0 Å². The number of H-pyrrole nitrogens is 1. The Morgan fingerprint density at radius 1 is 1.24 bits per heavy atom. The molecule has 2 aromatic heterocycles. The van der Waals surface area contributed by atoms with E-state index >= 15 is 0 Å². The summed E-state index contributed by atoms with van der Waals surface area (Å²) in [5.41, 5.74) is 1.51. The van der Waals surface area contributed by atoms with Crippen molar-refractivity contribution in [1.82, 2.24) is 20.1 Å². The largest absolute Gasteiger partial charge is 0.348 e. The van der Waals surface area contributed by atoms with Gasteiger partial charge in [0.25, 0.3) is 11.5 Å². The Morgan fingerprint density at radius 3 is 2.68 bits per heavy atom. The SMILES string of the molecule is O=CN1CCN(Cc2ccc(C(=O)NCc3ccsc3)c(=O)[nH]2)CC1. The third-order valence-electron chi connectivity index (χ3n) is 4.20. The number of hydrogen-bond donors (Lipinski definition) is 2. The number of carbonyl (C=O) groups excluding carboxylic acids is 2. The van der Waals surface area contributed by atoms with E-state index in [1.54, 1.807) is 28.4 Å². The van der Waals surface area contributed by atoms with E-state index in [1.165, 1.54) is 0 Å². The molecule has 0 aromatic carbocycles. The summed E-state index contributed by atoms with van der Waals surface area (Å²) in [7, 11) is 0. The fraction of sp³-hybridized carbons (Fsp3) is 0.353. The van der Waals surface area contributed by atoms with Crippen LogP contribution in [0.3, 0.4) is 0 Å². The molecule has 132 valence electrons. The fourth-order valence-corrected chi connectivity index (χ4v) is 3.39. The standard InChI is InChI=1S/C17H20N4O3S/c22-12-21-6-4-20(5-7-21)10-14-1-2-15(17(24)19-14)16(23)18-9-13-3-8-25-11-13/h1-3,8,11-12H,4-7,9-10H2,(H,18,23)(H,19,24). The number of carbonyl (C=O) groups is 2. The molecule has 2 aromatic rings. The maximum atomic E-state index is 12.2. The number of aromatic nitrogens is 1. The zero-order valence-corrected chi connectivity index (χ0v) is 14.6. The first-order valence-electron chi connectivity index (χ1n) is 8.09. The van der Waals surface area contributed by atoms with Crippen LogP contribution >= 0.6 is 11.3 Å². The minimum absolute atomic E-state index is 0.116. The van der Waals surface area contributed by atoms with Gasteiger partial charge in [-0.3, -0.25) is 19.3 Å². The maximum absolute atomic E-state index is 12.2. The van der Waals surface area contributed by atoms with Crippen molar-refractivity contribution in [2.75, 3.05) is 26.2 Å². The molecule has 0 radical (unpaired) electrons. The van der Waals surface area contributed by atoms with E-state index in [2.05, 4.69) is 15.2 Å². The van der Waals surface area contributed by atoms with Gasteiger partial charge in [0.1, 0.15) is 5.56 Å². The molecule has 0 unspecified atom stereocenters. The van der Waals surface area contributed by atoms with Crippen LogP contribution in [0.15, 0.2) is 33.8 Å². The molecule has 1 fully saturated rings. The van der Waals surface area contributed by atoms with Crippen molar-refractivity contribution in [2.45, 2.75) is 13.1 Å². The van der Waals surface area contributed by atoms with Crippen molar-refractivity contribution >= 4 is 23.7 Å². The van der Waals surface area contributed by atoms with Crippen molar-refractivity contribution in [3.63, 3.8) is 0 Å². The predicted molar refractivity (Wildman–Crippen MR) is 95.5 cm³/mol. The Kier molecular flexibility index (Phi) is 5.62. The van der Waals surface area contributed by atoms with Crippen LogP contribution in [0.1, 0.15) is 21.6 Å². The molecule has 3 heterocycles. The minimum atomic E-state index is -0.383. The van der Waals surface area contributed by atoms with Gasteiger partial charge in [-0.25, -0.2) is 0 Å². The lowest BCUT2D eigenvalue weighted by Gasteiger charge is -2.32. The van der Waals surface area contributed by atoms with Crippen molar-refractivity contribution in [2.24, 2.45) is 0 Å². The van der Waals surface area contributed by atoms with Gasteiger partial charge in [0, 0.05) is 45.0 Å². The molecule has 0 saturated carbocycles. The lowest BCUT2D eigenvalue weighted by Crippen LogP contribution is -2.45. The summed E-state index contributed by atoms with van der Waals surface area (Å²) in [5.74, 6) is -0.376. The highest BCUT2D eigenvalue weighted by Gasteiger charge is 2.17. The molecule has 2 N–H and O–H groups in total. The molecule has 1 aliphatic heterocycles. The monoisotopic (exact) mass is 360 g/mol. The summed E-state index contributed by atoms with van der Waals surface area (Å²) in [6.45, 7) is 3.92. The Labute approximate surface area is 149 Å². The number of amides is 2. The first kappa shape index (κ1) is 17.4. The maximum Gasteiger partial charge on any atom is 0.261 e.